The van der Waals surface area contributed by atoms with E-state index in [0.717, 1.165) is 0 Å². The molecule has 2 N–H and O–H groups in total. The van der Waals surface area contributed by atoms with Gasteiger partial charge in [0.05, 0.1) is 0 Å². The van der Waals surface area contributed by atoms with E-state index in [1.165, 1.54) is 29.0 Å². The molecular formula is C13H12N2O3. The van der Waals surface area contributed by atoms with Gasteiger partial charge in [0.1, 0.15) is 5.75 Å². The summed E-state index contributed by atoms with van der Waals surface area (Å²) in [5.41, 5.74) is 0.609. The van der Waals surface area contributed by atoms with Crippen LogP contribution in [0.5, 0.6) is 5.75 Å². The van der Waals surface area contributed by atoms with Crippen LogP contribution in [0.2, 0.25) is 0 Å². The summed E-state index contributed by atoms with van der Waals surface area (Å²) in [7, 11) is 1.62. The fraction of sp³-hybridized carbons (Fsp3) is 0.0769. The minimum Gasteiger partial charge on any atom is -0.508 e. The molecule has 2 rings (SSSR count). The Morgan fingerprint density at radius 1 is 1.22 bits per heavy atom. The van der Waals surface area contributed by atoms with Gasteiger partial charge in [-0.1, -0.05) is 0 Å². The lowest BCUT2D eigenvalue weighted by Gasteiger charge is -2.05. The average Bonchev–Trinajstić information content (AvgIpc) is 2.35. The number of rotatable bonds is 2. The number of benzene rings is 1. The third-order valence-corrected chi connectivity index (χ3v) is 2.49. The van der Waals surface area contributed by atoms with E-state index in [4.69, 9.17) is 5.11 Å². The van der Waals surface area contributed by atoms with E-state index >= 15 is 0 Å². The number of anilines is 1. The standard InChI is InChI=1S/C13H12N2O3/c1-15-7-6-9(8-12(15)17)13(18)14-10-2-4-11(16)5-3-10/h2-8,16H,1H3,(H,14,18). The van der Waals surface area contributed by atoms with E-state index in [9.17, 15) is 9.59 Å². The van der Waals surface area contributed by atoms with Gasteiger partial charge in [-0.15, -0.1) is 0 Å². The smallest absolute Gasteiger partial charge is 0.255 e. The summed E-state index contributed by atoms with van der Waals surface area (Å²) < 4.78 is 1.39. The summed E-state index contributed by atoms with van der Waals surface area (Å²) in [5, 5.41) is 11.8. The van der Waals surface area contributed by atoms with Crippen LogP contribution in [-0.4, -0.2) is 15.6 Å². The molecule has 1 aromatic carbocycles. The SMILES string of the molecule is Cn1ccc(C(=O)Nc2ccc(O)cc2)cc1=O. The van der Waals surface area contributed by atoms with Crippen molar-refractivity contribution >= 4 is 11.6 Å². The van der Waals surface area contributed by atoms with Gasteiger partial charge in [0.15, 0.2) is 0 Å². The van der Waals surface area contributed by atoms with E-state index in [0.29, 0.717) is 11.3 Å². The first kappa shape index (κ1) is 11.9. The van der Waals surface area contributed by atoms with Crippen LogP contribution in [0.1, 0.15) is 10.4 Å². The molecule has 0 atom stereocenters. The summed E-state index contributed by atoms with van der Waals surface area (Å²) in [6, 6.07) is 8.94. The number of hydrogen-bond donors (Lipinski definition) is 2. The molecular weight excluding hydrogens is 232 g/mol. The molecule has 1 heterocycles. The molecule has 0 spiro atoms. The molecule has 92 valence electrons. The number of amides is 1. The summed E-state index contributed by atoms with van der Waals surface area (Å²) in [5.74, 6) is -0.236. The first-order chi connectivity index (χ1) is 8.56. The summed E-state index contributed by atoms with van der Waals surface area (Å²) >= 11 is 0. The molecule has 0 aliphatic carbocycles. The van der Waals surface area contributed by atoms with Crippen molar-refractivity contribution < 1.29 is 9.90 Å². The molecule has 18 heavy (non-hydrogen) atoms. The number of carbonyl (C=O) groups excluding carboxylic acids is 1. The third-order valence-electron chi connectivity index (χ3n) is 2.49. The number of nitrogens with zero attached hydrogens (tertiary/aromatic N) is 1. The number of phenolic OH excluding ortho intramolecular Hbond substituents is 1. The van der Waals surface area contributed by atoms with Crippen LogP contribution in [0.3, 0.4) is 0 Å². The fourth-order valence-corrected chi connectivity index (χ4v) is 1.44. The van der Waals surface area contributed by atoms with Gasteiger partial charge < -0.3 is 15.0 Å². The summed E-state index contributed by atoms with van der Waals surface area (Å²) in [6.07, 6.45) is 1.54. The topological polar surface area (TPSA) is 71.3 Å². The van der Waals surface area contributed by atoms with Gasteiger partial charge in [0.25, 0.3) is 11.5 Å². The minimum absolute atomic E-state index is 0.126. The molecule has 0 fully saturated rings. The first-order valence-electron chi connectivity index (χ1n) is 5.33. The number of phenols is 1. The quantitative estimate of drug-likeness (QED) is 0.783. The number of pyridine rings is 1. The lowest BCUT2D eigenvalue weighted by molar-refractivity contribution is 0.102. The largest absolute Gasteiger partial charge is 0.508 e. The van der Waals surface area contributed by atoms with Crippen LogP contribution in [0.4, 0.5) is 5.69 Å². The highest BCUT2D eigenvalue weighted by atomic mass is 16.3. The monoisotopic (exact) mass is 244 g/mol. The minimum atomic E-state index is -0.363. The summed E-state index contributed by atoms with van der Waals surface area (Å²) in [4.78, 5) is 23.2. The molecule has 0 unspecified atom stereocenters. The maximum atomic E-state index is 11.8. The Kier molecular flexibility index (Phi) is 3.14. The normalized spacial score (nSPS) is 10.1. The van der Waals surface area contributed by atoms with Gasteiger partial charge >= 0.3 is 0 Å². The predicted octanol–water partition coefficient (Wildman–Crippen LogP) is 1.34. The molecule has 0 radical (unpaired) electrons. The molecule has 5 heteroatoms. The van der Waals surface area contributed by atoms with Gasteiger partial charge in [-0.3, -0.25) is 9.59 Å². The highest BCUT2D eigenvalue weighted by molar-refractivity contribution is 6.04. The molecule has 5 nitrogen and oxygen atoms in total. The molecule has 0 bridgehead atoms. The van der Waals surface area contributed by atoms with E-state index < -0.39 is 0 Å². The first-order valence-corrected chi connectivity index (χ1v) is 5.33. The number of carbonyl (C=O) groups is 1. The van der Waals surface area contributed by atoms with Crippen molar-refractivity contribution in [1.29, 1.82) is 0 Å². The maximum Gasteiger partial charge on any atom is 0.255 e. The fourth-order valence-electron chi connectivity index (χ4n) is 1.44. The lowest BCUT2D eigenvalue weighted by atomic mass is 10.2. The van der Waals surface area contributed by atoms with E-state index in [1.54, 1.807) is 25.2 Å². The molecule has 2 aromatic rings. The zero-order valence-corrected chi connectivity index (χ0v) is 9.75. The Labute approximate surface area is 103 Å². The highest BCUT2D eigenvalue weighted by Gasteiger charge is 2.07. The van der Waals surface area contributed by atoms with Gasteiger partial charge in [0, 0.05) is 30.6 Å². The highest BCUT2D eigenvalue weighted by Crippen LogP contribution is 2.14. The van der Waals surface area contributed by atoms with Gasteiger partial charge in [-0.25, -0.2) is 0 Å². The summed E-state index contributed by atoms with van der Waals surface area (Å²) in [6.45, 7) is 0. The predicted molar refractivity (Wildman–Crippen MR) is 67.7 cm³/mol. The second kappa shape index (κ2) is 4.75. The van der Waals surface area contributed by atoms with Crippen molar-refractivity contribution in [2.24, 2.45) is 7.05 Å². The van der Waals surface area contributed by atoms with Crippen molar-refractivity contribution in [3.8, 4) is 5.75 Å². The lowest BCUT2D eigenvalue weighted by Crippen LogP contribution is -2.19. The van der Waals surface area contributed by atoms with E-state index in [2.05, 4.69) is 5.32 Å². The number of aryl methyl sites for hydroxylation is 1. The van der Waals surface area contributed by atoms with Gasteiger partial charge in [0.2, 0.25) is 0 Å². The van der Waals surface area contributed by atoms with Crippen LogP contribution in [0, 0.1) is 0 Å². The molecule has 0 aliphatic rings. The van der Waals surface area contributed by atoms with Crippen LogP contribution in [-0.2, 0) is 7.05 Å². The molecule has 1 amide bonds. The van der Waals surface area contributed by atoms with Crippen molar-refractivity contribution in [3.05, 3.63) is 58.5 Å². The molecule has 0 saturated carbocycles. The molecule has 1 aromatic heterocycles. The van der Waals surface area contributed by atoms with Gasteiger partial charge in [-0.2, -0.15) is 0 Å². The Morgan fingerprint density at radius 2 is 1.89 bits per heavy atom. The van der Waals surface area contributed by atoms with Crippen molar-refractivity contribution in [2.45, 2.75) is 0 Å². The van der Waals surface area contributed by atoms with Crippen molar-refractivity contribution in [3.63, 3.8) is 0 Å². The Hall–Kier alpha value is -2.56. The second-order valence-corrected chi connectivity index (χ2v) is 3.87. The van der Waals surface area contributed by atoms with Crippen LogP contribution in [0.25, 0.3) is 0 Å². The van der Waals surface area contributed by atoms with Crippen molar-refractivity contribution in [2.75, 3.05) is 5.32 Å². The zero-order valence-electron chi connectivity index (χ0n) is 9.75. The van der Waals surface area contributed by atoms with Gasteiger partial charge in [-0.05, 0) is 30.3 Å². The number of aromatic hydroxyl groups is 1. The third kappa shape index (κ3) is 2.57. The number of hydrogen-bond acceptors (Lipinski definition) is 3. The Morgan fingerprint density at radius 3 is 2.50 bits per heavy atom. The van der Waals surface area contributed by atoms with E-state index in [1.807, 2.05) is 0 Å². The average molecular weight is 244 g/mol. The second-order valence-electron chi connectivity index (χ2n) is 3.87. The van der Waals surface area contributed by atoms with Crippen LogP contribution < -0.4 is 10.9 Å². The van der Waals surface area contributed by atoms with Crippen molar-refractivity contribution in [1.82, 2.24) is 4.57 Å². The van der Waals surface area contributed by atoms with Crippen LogP contribution in [0.15, 0.2) is 47.4 Å². The Balaban J connectivity index is 2.19. The molecule has 0 aliphatic heterocycles. The van der Waals surface area contributed by atoms with Crippen LogP contribution >= 0.6 is 0 Å². The zero-order chi connectivity index (χ0) is 13.1. The Bertz CT molecular complexity index is 629. The van der Waals surface area contributed by atoms with E-state index in [-0.39, 0.29) is 17.2 Å². The number of aromatic nitrogens is 1. The number of nitrogens with one attached hydrogen (secondary N) is 1. The molecule has 0 saturated heterocycles. The maximum absolute atomic E-state index is 11.8.